The fourth-order valence-corrected chi connectivity index (χ4v) is 3.18. The van der Waals surface area contributed by atoms with Gasteiger partial charge in [0.15, 0.2) is 0 Å². The standard InChI is InChI=1S/C17H22N2OS/c1-17(2,3)15-11-21-16(19-15)9-14(20)13(10-18)12-7-5-4-6-8-12/h4-8,11,13H,9-10,18H2,1-3H3. The van der Waals surface area contributed by atoms with Gasteiger partial charge in [0.25, 0.3) is 0 Å². The molecule has 1 aromatic heterocycles. The van der Waals surface area contributed by atoms with E-state index in [2.05, 4.69) is 25.8 Å². The van der Waals surface area contributed by atoms with E-state index >= 15 is 0 Å². The molecule has 0 bridgehead atoms. The fraction of sp³-hybridized carbons (Fsp3) is 0.412. The first-order valence-electron chi connectivity index (χ1n) is 7.14. The molecule has 1 aromatic carbocycles. The molecule has 4 heteroatoms. The third-order valence-corrected chi connectivity index (χ3v) is 4.32. The predicted molar refractivity (Wildman–Crippen MR) is 87.8 cm³/mol. The van der Waals surface area contributed by atoms with E-state index in [0.717, 1.165) is 16.3 Å². The molecule has 0 radical (unpaired) electrons. The molecule has 1 heterocycles. The number of rotatable bonds is 5. The second-order valence-corrected chi connectivity index (χ2v) is 7.16. The first kappa shape index (κ1) is 15.9. The van der Waals surface area contributed by atoms with Crippen molar-refractivity contribution in [3.05, 3.63) is 52.0 Å². The molecule has 0 fully saturated rings. The van der Waals surface area contributed by atoms with Crippen LogP contribution in [0.4, 0.5) is 0 Å². The van der Waals surface area contributed by atoms with Gasteiger partial charge in [-0.15, -0.1) is 11.3 Å². The molecule has 0 aliphatic carbocycles. The van der Waals surface area contributed by atoms with Crippen LogP contribution in [0.3, 0.4) is 0 Å². The van der Waals surface area contributed by atoms with Crippen LogP contribution >= 0.6 is 11.3 Å². The first-order chi connectivity index (χ1) is 9.91. The molecule has 0 saturated heterocycles. The highest BCUT2D eigenvalue weighted by Crippen LogP contribution is 2.25. The number of benzene rings is 1. The van der Waals surface area contributed by atoms with Crippen molar-refractivity contribution in [3.8, 4) is 0 Å². The summed E-state index contributed by atoms with van der Waals surface area (Å²) >= 11 is 1.56. The van der Waals surface area contributed by atoms with Gasteiger partial charge in [-0.05, 0) is 5.56 Å². The molecule has 2 aromatic rings. The molecule has 112 valence electrons. The molecule has 0 spiro atoms. The lowest BCUT2D eigenvalue weighted by Gasteiger charge is -2.15. The van der Waals surface area contributed by atoms with E-state index in [9.17, 15) is 4.79 Å². The summed E-state index contributed by atoms with van der Waals surface area (Å²) < 4.78 is 0. The second-order valence-electron chi connectivity index (χ2n) is 6.22. The molecule has 2 N–H and O–H groups in total. The van der Waals surface area contributed by atoms with Crippen molar-refractivity contribution in [3.63, 3.8) is 0 Å². The van der Waals surface area contributed by atoms with Crippen molar-refractivity contribution in [2.24, 2.45) is 5.73 Å². The maximum absolute atomic E-state index is 12.5. The molecule has 21 heavy (non-hydrogen) atoms. The molecule has 1 unspecified atom stereocenters. The molecular weight excluding hydrogens is 280 g/mol. The Bertz CT molecular complexity index is 599. The van der Waals surface area contributed by atoms with Gasteiger partial charge in [-0.2, -0.15) is 0 Å². The van der Waals surface area contributed by atoms with Crippen molar-refractivity contribution in [1.82, 2.24) is 4.98 Å². The lowest BCUT2D eigenvalue weighted by Crippen LogP contribution is -2.23. The molecule has 0 aliphatic rings. The van der Waals surface area contributed by atoms with E-state index < -0.39 is 0 Å². The number of thiazole rings is 1. The normalized spacial score (nSPS) is 13.1. The van der Waals surface area contributed by atoms with Gasteiger partial charge in [-0.25, -0.2) is 4.98 Å². The van der Waals surface area contributed by atoms with Gasteiger partial charge in [-0.1, -0.05) is 51.1 Å². The molecule has 3 nitrogen and oxygen atoms in total. The quantitative estimate of drug-likeness (QED) is 0.922. The maximum atomic E-state index is 12.5. The van der Waals surface area contributed by atoms with Crippen molar-refractivity contribution >= 4 is 17.1 Å². The number of aromatic nitrogens is 1. The lowest BCUT2D eigenvalue weighted by molar-refractivity contribution is -0.119. The largest absolute Gasteiger partial charge is 0.329 e. The zero-order valence-electron chi connectivity index (χ0n) is 12.8. The van der Waals surface area contributed by atoms with E-state index in [4.69, 9.17) is 5.73 Å². The second kappa shape index (κ2) is 6.50. The van der Waals surface area contributed by atoms with Crippen molar-refractivity contribution < 1.29 is 4.79 Å². The Kier molecular flexibility index (Phi) is 4.91. The van der Waals surface area contributed by atoms with Gasteiger partial charge in [-0.3, -0.25) is 4.79 Å². The van der Waals surface area contributed by atoms with Gasteiger partial charge in [0.2, 0.25) is 0 Å². The average Bonchev–Trinajstić information content (AvgIpc) is 2.89. The number of nitrogens with two attached hydrogens (primary N) is 1. The highest BCUT2D eigenvalue weighted by molar-refractivity contribution is 7.09. The van der Waals surface area contributed by atoms with Crippen LogP contribution in [0.5, 0.6) is 0 Å². The summed E-state index contributed by atoms with van der Waals surface area (Å²) in [6.07, 6.45) is 0.359. The highest BCUT2D eigenvalue weighted by Gasteiger charge is 2.22. The predicted octanol–water partition coefficient (Wildman–Crippen LogP) is 3.29. The van der Waals surface area contributed by atoms with Gasteiger partial charge in [0.05, 0.1) is 18.0 Å². The van der Waals surface area contributed by atoms with E-state index in [1.165, 1.54) is 0 Å². The monoisotopic (exact) mass is 302 g/mol. The van der Waals surface area contributed by atoms with E-state index in [1.54, 1.807) is 11.3 Å². The smallest absolute Gasteiger partial charge is 0.148 e. The number of ketones is 1. The minimum atomic E-state index is -0.242. The molecule has 0 amide bonds. The highest BCUT2D eigenvalue weighted by atomic mass is 32.1. The minimum Gasteiger partial charge on any atom is -0.329 e. The number of hydrogen-bond acceptors (Lipinski definition) is 4. The van der Waals surface area contributed by atoms with Crippen molar-refractivity contribution in [2.75, 3.05) is 6.54 Å². The summed E-state index contributed by atoms with van der Waals surface area (Å²) in [6.45, 7) is 6.71. The summed E-state index contributed by atoms with van der Waals surface area (Å²) in [7, 11) is 0. The third-order valence-electron chi connectivity index (χ3n) is 3.47. The Morgan fingerprint density at radius 3 is 2.48 bits per heavy atom. The van der Waals surface area contributed by atoms with Crippen LogP contribution in [0.1, 0.15) is 43.0 Å². The number of nitrogens with zero attached hydrogens (tertiary/aromatic N) is 1. The number of carbonyl (C=O) groups is 1. The van der Waals surface area contributed by atoms with E-state index in [1.807, 2.05) is 35.7 Å². The lowest BCUT2D eigenvalue weighted by atomic mass is 9.92. The van der Waals surface area contributed by atoms with Gasteiger partial charge < -0.3 is 5.73 Å². The van der Waals surface area contributed by atoms with Gasteiger partial charge in [0, 0.05) is 17.3 Å². The van der Waals surface area contributed by atoms with Crippen LogP contribution in [-0.2, 0) is 16.6 Å². The number of carbonyl (C=O) groups excluding carboxylic acids is 1. The van der Waals surface area contributed by atoms with Gasteiger partial charge in [0.1, 0.15) is 10.8 Å². The topological polar surface area (TPSA) is 56.0 Å². The summed E-state index contributed by atoms with van der Waals surface area (Å²) in [6, 6.07) is 9.73. The number of Topliss-reactive ketones (excluding diaryl/α,β-unsaturated/α-hetero) is 1. The molecular formula is C17H22N2OS. The minimum absolute atomic E-state index is 0.0183. The van der Waals surface area contributed by atoms with Crippen LogP contribution in [0.25, 0.3) is 0 Å². The zero-order valence-corrected chi connectivity index (χ0v) is 13.6. The molecule has 1 atom stereocenters. The Morgan fingerprint density at radius 1 is 1.29 bits per heavy atom. The fourth-order valence-electron chi connectivity index (χ4n) is 2.15. The van der Waals surface area contributed by atoms with Crippen LogP contribution < -0.4 is 5.73 Å². The average molecular weight is 302 g/mol. The van der Waals surface area contributed by atoms with E-state index in [-0.39, 0.29) is 17.1 Å². The Hall–Kier alpha value is -1.52. The summed E-state index contributed by atoms with van der Waals surface area (Å²) in [5.41, 5.74) is 7.84. The van der Waals surface area contributed by atoms with Crippen LogP contribution in [0, 0.1) is 0 Å². The van der Waals surface area contributed by atoms with E-state index in [0.29, 0.717) is 13.0 Å². The van der Waals surface area contributed by atoms with Crippen molar-refractivity contribution in [2.45, 2.75) is 38.5 Å². The molecule has 0 saturated carbocycles. The first-order valence-corrected chi connectivity index (χ1v) is 8.02. The molecule has 0 aliphatic heterocycles. The summed E-state index contributed by atoms with van der Waals surface area (Å²) in [4.78, 5) is 17.1. The summed E-state index contributed by atoms with van der Waals surface area (Å²) in [5.74, 6) is -0.105. The van der Waals surface area contributed by atoms with Crippen LogP contribution in [-0.4, -0.2) is 17.3 Å². The third kappa shape index (κ3) is 3.99. The molecule has 2 rings (SSSR count). The zero-order chi connectivity index (χ0) is 15.5. The van der Waals surface area contributed by atoms with Gasteiger partial charge >= 0.3 is 0 Å². The SMILES string of the molecule is CC(C)(C)c1csc(CC(=O)C(CN)c2ccccc2)n1. The van der Waals surface area contributed by atoms with Crippen LogP contribution in [0.2, 0.25) is 0 Å². The maximum Gasteiger partial charge on any atom is 0.148 e. The number of hydrogen-bond donors (Lipinski definition) is 1. The Labute approximate surface area is 130 Å². The Morgan fingerprint density at radius 2 is 1.95 bits per heavy atom. The van der Waals surface area contributed by atoms with Crippen molar-refractivity contribution in [1.29, 1.82) is 0 Å². The van der Waals surface area contributed by atoms with Crippen LogP contribution in [0.15, 0.2) is 35.7 Å². The Balaban J connectivity index is 2.11. The summed E-state index contributed by atoms with van der Waals surface area (Å²) in [5, 5.41) is 2.92.